The van der Waals surface area contributed by atoms with Gasteiger partial charge in [0, 0.05) is 13.1 Å². The molecule has 0 bridgehead atoms. The number of anilines is 2. The summed E-state index contributed by atoms with van der Waals surface area (Å²) in [5.41, 5.74) is -5.32. The van der Waals surface area contributed by atoms with Crippen LogP contribution in [0.5, 0.6) is 0 Å². The molecule has 0 spiro atoms. The van der Waals surface area contributed by atoms with Crippen molar-refractivity contribution in [2.24, 2.45) is 13.0 Å². The first kappa shape index (κ1) is 36.3. The van der Waals surface area contributed by atoms with Gasteiger partial charge in [0.15, 0.2) is 0 Å². The van der Waals surface area contributed by atoms with Gasteiger partial charge in [-0.25, -0.2) is 4.79 Å². The van der Waals surface area contributed by atoms with E-state index in [1.54, 1.807) is 0 Å². The Hall–Kier alpha value is -4.58. The highest BCUT2D eigenvalue weighted by Crippen LogP contribution is 2.44. The third-order valence-corrected chi connectivity index (χ3v) is 7.92. The van der Waals surface area contributed by atoms with Gasteiger partial charge in [0.2, 0.25) is 0 Å². The molecule has 1 aliphatic rings. The highest BCUT2D eigenvalue weighted by molar-refractivity contribution is 5.90. The van der Waals surface area contributed by atoms with Gasteiger partial charge in [0.1, 0.15) is 6.10 Å². The van der Waals surface area contributed by atoms with Crippen LogP contribution in [0.1, 0.15) is 66.1 Å². The number of carbonyl (C=O) groups excluding carboxylic acids is 1. The predicted octanol–water partition coefficient (Wildman–Crippen LogP) is 7.17. The minimum Gasteiger partial charge on any atom is -0.481 e. The van der Waals surface area contributed by atoms with Gasteiger partial charge in [0.05, 0.1) is 41.4 Å². The number of carbonyl (C=O) groups is 2. The van der Waals surface area contributed by atoms with Crippen molar-refractivity contribution in [2.45, 2.75) is 70.8 Å². The maximum absolute atomic E-state index is 14.1. The number of tetrazole rings is 1. The number of benzene rings is 2. The van der Waals surface area contributed by atoms with Gasteiger partial charge in [-0.3, -0.25) is 9.69 Å². The second-order valence-electron chi connectivity index (χ2n) is 11.4. The molecule has 48 heavy (non-hydrogen) atoms. The molecule has 1 N–H and O–H groups in total. The molecule has 1 aliphatic heterocycles. The number of carboxylic acids is 1. The Labute approximate surface area is 267 Å². The Balaban J connectivity index is 1.90. The van der Waals surface area contributed by atoms with Crippen molar-refractivity contribution in [3.8, 4) is 0 Å². The summed E-state index contributed by atoms with van der Waals surface area (Å²) in [5, 5.41) is 21.0. The molecule has 1 amide bonds. The monoisotopic (exact) mass is 696 g/mol. The zero-order valence-corrected chi connectivity index (χ0v) is 25.7. The second-order valence-corrected chi connectivity index (χ2v) is 11.4. The first-order chi connectivity index (χ1) is 22.1. The largest absolute Gasteiger partial charge is 0.481 e. The quantitative estimate of drug-likeness (QED) is 0.259. The molecule has 4 rings (SSSR count). The number of ether oxygens (including phenoxy) is 1. The number of halogens is 9. The number of fused-ring (bicyclic) bond motifs is 1. The Morgan fingerprint density at radius 2 is 1.58 bits per heavy atom. The van der Waals surface area contributed by atoms with Crippen molar-refractivity contribution in [1.82, 2.24) is 20.2 Å². The van der Waals surface area contributed by atoms with E-state index in [-0.39, 0.29) is 48.2 Å². The molecular weight excluding hydrogens is 667 g/mol. The molecule has 1 aromatic heterocycles. The van der Waals surface area contributed by atoms with Crippen LogP contribution < -0.4 is 9.80 Å². The fourth-order valence-corrected chi connectivity index (χ4v) is 5.30. The van der Waals surface area contributed by atoms with E-state index in [2.05, 4.69) is 15.4 Å². The smallest absolute Gasteiger partial charge is 0.416 e. The Morgan fingerprint density at radius 1 is 0.979 bits per heavy atom. The van der Waals surface area contributed by atoms with Crippen molar-refractivity contribution >= 4 is 23.7 Å². The summed E-state index contributed by atoms with van der Waals surface area (Å²) in [5.74, 6) is -2.74. The molecule has 0 saturated heterocycles. The Morgan fingerprint density at radius 3 is 2.08 bits per heavy atom. The van der Waals surface area contributed by atoms with Crippen LogP contribution in [-0.4, -0.2) is 50.0 Å². The third-order valence-electron chi connectivity index (χ3n) is 7.92. The maximum atomic E-state index is 14.1. The number of rotatable bonds is 7. The summed E-state index contributed by atoms with van der Waals surface area (Å²) in [7, 11) is 1.35. The zero-order chi connectivity index (χ0) is 35.9. The number of hydrogen-bond donors (Lipinski definition) is 1. The summed E-state index contributed by atoms with van der Waals surface area (Å²) >= 11 is 0. The van der Waals surface area contributed by atoms with Crippen molar-refractivity contribution in [1.29, 1.82) is 0 Å². The molecule has 10 nitrogen and oxygen atoms in total. The van der Waals surface area contributed by atoms with Crippen LogP contribution in [0.15, 0.2) is 30.3 Å². The number of aryl methyl sites for hydroxylation is 2. The normalized spacial score (nSPS) is 16.9. The standard InChI is InChI=1S/C29H29F9N6O4/c1-14-8-20-22(6-5-7-43(23(20)12-21(14)29(36,37)38)26(47)48-16(3)15(2)24(45)46)44(25-39-41-42(4)40-25)13-17-9-18(27(30,31)32)11-19(10-17)28(33,34)35/h8-12,15-16,22H,5-7,13H2,1-4H3,(H,45,46)/t15?,16?,22-/m0/s1. The number of aliphatic carboxylic acids is 1. The SMILES string of the molecule is Cc1cc2c(cc1C(F)(F)F)N(C(=O)OC(C)C(C)C(=O)O)CCC[C@@H]2N(Cc1cc(C(F)(F)F)cc(C(F)(F)F)c1)c1nnn(C)n1. The number of carboxylic acid groups (broad SMARTS) is 1. The summed E-state index contributed by atoms with van der Waals surface area (Å²) in [6, 6.07) is 1.71. The van der Waals surface area contributed by atoms with Crippen LogP contribution in [0.4, 0.5) is 55.9 Å². The number of nitrogens with zero attached hydrogens (tertiary/aromatic N) is 6. The van der Waals surface area contributed by atoms with Crippen molar-refractivity contribution < 1.29 is 58.9 Å². The van der Waals surface area contributed by atoms with E-state index < -0.39 is 77.5 Å². The van der Waals surface area contributed by atoms with E-state index in [0.29, 0.717) is 18.2 Å². The number of aromatic nitrogens is 4. The maximum Gasteiger partial charge on any atom is 0.416 e. The molecule has 0 fully saturated rings. The lowest BCUT2D eigenvalue weighted by atomic mass is 9.94. The van der Waals surface area contributed by atoms with E-state index >= 15 is 0 Å². The van der Waals surface area contributed by atoms with Gasteiger partial charge in [0.25, 0.3) is 5.95 Å². The molecule has 0 aliphatic carbocycles. The summed E-state index contributed by atoms with van der Waals surface area (Å²) in [6.07, 6.45) is -17.5. The van der Waals surface area contributed by atoms with Crippen LogP contribution >= 0.6 is 0 Å². The van der Waals surface area contributed by atoms with Crippen molar-refractivity contribution in [3.63, 3.8) is 0 Å². The van der Waals surface area contributed by atoms with E-state index in [1.165, 1.54) is 25.8 Å². The summed E-state index contributed by atoms with van der Waals surface area (Å²) in [4.78, 5) is 27.9. The fourth-order valence-electron chi connectivity index (χ4n) is 5.30. The van der Waals surface area contributed by atoms with E-state index in [1.807, 2.05) is 0 Å². The van der Waals surface area contributed by atoms with Gasteiger partial charge in [-0.1, -0.05) is 11.2 Å². The van der Waals surface area contributed by atoms with Gasteiger partial charge in [-0.15, -0.1) is 5.10 Å². The summed E-state index contributed by atoms with van der Waals surface area (Å²) in [6.45, 7) is 2.79. The van der Waals surface area contributed by atoms with Crippen LogP contribution in [0.25, 0.3) is 0 Å². The Bertz CT molecular complexity index is 1640. The predicted molar refractivity (Wildman–Crippen MR) is 150 cm³/mol. The minimum absolute atomic E-state index is 0.00596. The number of amides is 1. The topological polar surface area (TPSA) is 114 Å². The number of alkyl halides is 9. The molecule has 3 atom stereocenters. The zero-order valence-electron chi connectivity index (χ0n) is 25.7. The van der Waals surface area contributed by atoms with Gasteiger partial charge in [-0.2, -0.15) is 44.3 Å². The molecule has 0 radical (unpaired) electrons. The average Bonchev–Trinajstić information content (AvgIpc) is 3.31. The van der Waals surface area contributed by atoms with Crippen LogP contribution in [0.3, 0.4) is 0 Å². The Kier molecular flexibility index (Phi) is 9.93. The molecule has 2 heterocycles. The molecule has 0 saturated carbocycles. The highest BCUT2D eigenvalue weighted by atomic mass is 19.4. The molecule has 262 valence electrons. The lowest BCUT2D eigenvalue weighted by molar-refractivity contribution is -0.145. The van der Waals surface area contributed by atoms with Crippen molar-refractivity contribution in [2.75, 3.05) is 16.3 Å². The van der Waals surface area contributed by atoms with E-state index in [0.717, 1.165) is 22.7 Å². The first-order valence-corrected chi connectivity index (χ1v) is 14.3. The van der Waals surface area contributed by atoms with Gasteiger partial charge < -0.3 is 14.7 Å². The molecule has 3 aromatic rings. The molecule has 2 unspecified atom stereocenters. The lowest BCUT2D eigenvalue weighted by Gasteiger charge is -2.33. The summed E-state index contributed by atoms with van der Waals surface area (Å²) < 4.78 is 130. The lowest BCUT2D eigenvalue weighted by Crippen LogP contribution is -2.37. The molecular formula is C29H29F9N6O4. The minimum atomic E-state index is -5.15. The van der Waals surface area contributed by atoms with Gasteiger partial charge in [-0.05, 0) is 79.8 Å². The van der Waals surface area contributed by atoms with E-state index in [4.69, 9.17) is 4.74 Å². The number of hydrogen-bond acceptors (Lipinski definition) is 7. The van der Waals surface area contributed by atoms with Crippen molar-refractivity contribution in [3.05, 3.63) is 63.7 Å². The first-order valence-electron chi connectivity index (χ1n) is 14.3. The molecule has 19 heteroatoms. The van der Waals surface area contributed by atoms with Crippen LogP contribution in [0.2, 0.25) is 0 Å². The van der Waals surface area contributed by atoms with E-state index in [9.17, 15) is 54.2 Å². The van der Waals surface area contributed by atoms with Gasteiger partial charge >= 0.3 is 30.6 Å². The van der Waals surface area contributed by atoms with Crippen LogP contribution in [-0.2, 0) is 41.7 Å². The second kappa shape index (κ2) is 13.1. The average molecular weight is 697 g/mol. The highest BCUT2D eigenvalue weighted by Gasteiger charge is 2.40. The third kappa shape index (κ3) is 7.92. The molecule has 2 aromatic carbocycles. The van der Waals surface area contributed by atoms with Crippen LogP contribution in [0, 0.1) is 12.8 Å². The fraction of sp³-hybridized carbons (Fsp3) is 0.483.